The van der Waals surface area contributed by atoms with Gasteiger partial charge in [0.05, 0.1) is 12.2 Å². The van der Waals surface area contributed by atoms with Gasteiger partial charge in [-0.15, -0.1) is 0 Å². The molecule has 24 heavy (non-hydrogen) atoms. The summed E-state index contributed by atoms with van der Waals surface area (Å²) >= 11 is 6.03. The largest absolute Gasteiger partial charge is 0.482 e. The van der Waals surface area contributed by atoms with Crippen LogP contribution >= 0.6 is 11.6 Å². The van der Waals surface area contributed by atoms with Crippen molar-refractivity contribution in [1.29, 1.82) is 0 Å². The Labute approximate surface area is 145 Å². The number of amides is 1. The number of rotatable bonds is 4. The van der Waals surface area contributed by atoms with Crippen molar-refractivity contribution in [1.82, 2.24) is 4.57 Å². The molecule has 1 aliphatic heterocycles. The molecule has 0 bridgehead atoms. The number of anilines is 1. The molecule has 0 aliphatic carbocycles. The number of fused-ring (bicyclic) bond motifs is 1. The Morgan fingerprint density at radius 1 is 1.29 bits per heavy atom. The number of hydrogen-bond donors (Lipinski definition) is 0. The van der Waals surface area contributed by atoms with Crippen LogP contribution in [0.1, 0.15) is 28.7 Å². The number of Topliss-reactive ketones (excluding diaryl/α,β-unsaturated/α-hetero) is 1. The summed E-state index contributed by atoms with van der Waals surface area (Å²) in [6.07, 6.45) is 0. The predicted molar refractivity (Wildman–Crippen MR) is 93.2 cm³/mol. The number of ether oxygens (including phenoxy) is 1. The number of aromatic nitrogens is 1. The van der Waals surface area contributed by atoms with Crippen LogP contribution in [0.15, 0.2) is 24.3 Å². The van der Waals surface area contributed by atoms with Crippen LogP contribution in [0.2, 0.25) is 5.02 Å². The lowest BCUT2D eigenvalue weighted by atomic mass is 10.1. The molecular formula is C18H19ClN2O3. The second kappa shape index (κ2) is 6.32. The van der Waals surface area contributed by atoms with Gasteiger partial charge in [-0.1, -0.05) is 11.6 Å². The normalized spacial score (nSPS) is 13.7. The lowest BCUT2D eigenvalue weighted by Gasteiger charge is -2.29. The van der Waals surface area contributed by atoms with E-state index in [-0.39, 0.29) is 24.8 Å². The van der Waals surface area contributed by atoms with Crippen LogP contribution < -0.4 is 9.64 Å². The standard InChI is InChI=1S/C18H19ClN2O3/c1-4-20-11(2)7-14(12(20)3)16(22)9-21-15-8-13(19)5-6-17(15)24-10-18(21)23/h5-8H,4,9-10H2,1-3H3. The average Bonchev–Trinajstić information content (AvgIpc) is 2.84. The van der Waals surface area contributed by atoms with E-state index in [0.717, 1.165) is 17.9 Å². The number of carbonyl (C=O) groups is 2. The van der Waals surface area contributed by atoms with Gasteiger partial charge in [0.2, 0.25) is 0 Å². The topological polar surface area (TPSA) is 51.5 Å². The minimum absolute atomic E-state index is 0.0243. The van der Waals surface area contributed by atoms with Crippen LogP contribution in [0.4, 0.5) is 5.69 Å². The van der Waals surface area contributed by atoms with Gasteiger partial charge in [0.1, 0.15) is 5.75 Å². The molecule has 1 aromatic heterocycles. The van der Waals surface area contributed by atoms with Crippen molar-refractivity contribution in [2.45, 2.75) is 27.3 Å². The summed E-state index contributed by atoms with van der Waals surface area (Å²) < 4.78 is 7.49. The number of aryl methyl sites for hydroxylation is 1. The number of nitrogens with zero attached hydrogens (tertiary/aromatic N) is 2. The van der Waals surface area contributed by atoms with Crippen molar-refractivity contribution in [3.05, 3.63) is 46.2 Å². The second-order valence-corrected chi connectivity index (χ2v) is 6.27. The van der Waals surface area contributed by atoms with E-state index < -0.39 is 0 Å². The van der Waals surface area contributed by atoms with Gasteiger partial charge in [-0.2, -0.15) is 0 Å². The highest BCUT2D eigenvalue weighted by molar-refractivity contribution is 6.31. The van der Waals surface area contributed by atoms with E-state index >= 15 is 0 Å². The molecule has 1 amide bonds. The van der Waals surface area contributed by atoms with Gasteiger partial charge in [0, 0.05) is 28.5 Å². The zero-order valence-corrected chi connectivity index (χ0v) is 14.7. The molecule has 6 heteroatoms. The molecule has 126 valence electrons. The van der Waals surface area contributed by atoms with Gasteiger partial charge < -0.3 is 9.30 Å². The van der Waals surface area contributed by atoms with Crippen LogP contribution in [-0.4, -0.2) is 29.4 Å². The molecule has 3 rings (SSSR count). The molecule has 0 unspecified atom stereocenters. The van der Waals surface area contributed by atoms with E-state index in [9.17, 15) is 9.59 Å². The maximum atomic E-state index is 12.8. The summed E-state index contributed by atoms with van der Waals surface area (Å²) in [7, 11) is 0. The third-order valence-electron chi connectivity index (χ3n) is 4.36. The first-order valence-electron chi connectivity index (χ1n) is 7.85. The predicted octanol–water partition coefficient (Wildman–Crippen LogP) is 3.39. The van der Waals surface area contributed by atoms with E-state index in [1.165, 1.54) is 4.90 Å². The first kappa shape index (κ1) is 16.6. The lowest BCUT2D eigenvalue weighted by molar-refractivity contribution is -0.121. The van der Waals surface area contributed by atoms with Crippen LogP contribution in [0, 0.1) is 13.8 Å². The Hall–Kier alpha value is -2.27. The van der Waals surface area contributed by atoms with Crippen LogP contribution in [0.25, 0.3) is 0 Å². The third-order valence-corrected chi connectivity index (χ3v) is 4.59. The van der Waals surface area contributed by atoms with Crippen molar-refractivity contribution < 1.29 is 14.3 Å². The van der Waals surface area contributed by atoms with Crippen LogP contribution in [0.3, 0.4) is 0 Å². The Balaban J connectivity index is 1.92. The van der Waals surface area contributed by atoms with Gasteiger partial charge >= 0.3 is 0 Å². The first-order chi connectivity index (χ1) is 11.4. The lowest BCUT2D eigenvalue weighted by Crippen LogP contribution is -2.42. The van der Waals surface area contributed by atoms with Crippen LogP contribution in [0.5, 0.6) is 5.75 Å². The Bertz CT molecular complexity index is 826. The van der Waals surface area contributed by atoms with E-state index in [0.29, 0.717) is 22.0 Å². The van der Waals surface area contributed by atoms with Crippen molar-refractivity contribution in [3.63, 3.8) is 0 Å². The number of benzene rings is 1. The fourth-order valence-corrected chi connectivity index (χ4v) is 3.31. The Morgan fingerprint density at radius 3 is 2.71 bits per heavy atom. The van der Waals surface area contributed by atoms with E-state index in [1.807, 2.05) is 26.8 Å². The van der Waals surface area contributed by atoms with Crippen molar-refractivity contribution in [2.75, 3.05) is 18.1 Å². The van der Waals surface area contributed by atoms with Crippen LogP contribution in [-0.2, 0) is 11.3 Å². The quantitative estimate of drug-likeness (QED) is 0.797. The summed E-state index contributed by atoms with van der Waals surface area (Å²) in [6, 6.07) is 6.94. The van der Waals surface area contributed by atoms with Crippen molar-refractivity contribution >= 4 is 29.0 Å². The molecule has 0 saturated carbocycles. The summed E-state index contributed by atoms with van der Waals surface area (Å²) in [4.78, 5) is 26.5. The maximum absolute atomic E-state index is 12.8. The van der Waals surface area contributed by atoms with Gasteiger partial charge in [-0.25, -0.2) is 0 Å². The zero-order valence-electron chi connectivity index (χ0n) is 13.9. The molecule has 1 aromatic carbocycles. The van der Waals surface area contributed by atoms with Gasteiger partial charge in [-0.05, 0) is 45.0 Å². The van der Waals surface area contributed by atoms with Gasteiger partial charge in [0.25, 0.3) is 5.91 Å². The first-order valence-corrected chi connectivity index (χ1v) is 8.22. The molecule has 2 aromatic rings. The number of halogens is 1. The van der Waals surface area contributed by atoms with E-state index in [2.05, 4.69) is 4.57 Å². The SMILES string of the molecule is CCn1c(C)cc(C(=O)CN2C(=O)COc3ccc(Cl)cc32)c1C. The van der Waals surface area contributed by atoms with E-state index in [4.69, 9.17) is 16.3 Å². The molecule has 0 N–H and O–H groups in total. The van der Waals surface area contributed by atoms with Crippen molar-refractivity contribution in [2.24, 2.45) is 0 Å². The molecule has 2 heterocycles. The molecule has 1 aliphatic rings. The summed E-state index contributed by atoms with van der Waals surface area (Å²) in [5.74, 6) is 0.220. The number of ketones is 1. The number of hydrogen-bond acceptors (Lipinski definition) is 3. The third kappa shape index (κ3) is 2.80. The molecular weight excluding hydrogens is 328 g/mol. The molecule has 0 atom stereocenters. The average molecular weight is 347 g/mol. The second-order valence-electron chi connectivity index (χ2n) is 5.83. The minimum Gasteiger partial charge on any atom is -0.482 e. The monoisotopic (exact) mass is 346 g/mol. The summed E-state index contributed by atoms with van der Waals surface area (Å²) in [6.45, 7) is 6.65. The highest BCUT2D eigenvalue weighted by atomic mass is 35.5. The maximum Gasteiger partial charge on any atom is 0.265 e. The molecule has 0 saturated heterocycles. The summed E-state index contributed by atoms with van der Waals surface area (Å²) in [5.41, 5.74) is 3.15. The van der Waals surface area contributed by atoms with E-state index in [1.54, 1.807) is 18.2 Å². The zero-order chi connectivity index (χ0) is 17.4. The highest BCUT2D eigenvalue weighted by Crippen LogP contribution is 2.34. The molecule has 0 spiro atoms. The molecule has 0 radical (unpaired) electrons. The van der Waals surface area contributed by atoms with Gasteiger partial charge in [0.15, 0.2) is 12.4 Å². The number of carbonyl (C=O) groups excluding carboxylic acids is 2. The summed E-state index contributed by atoms with van der Waals surface area (Å²) in [5, 5.41) is 0.494. The van der Waals surface area contributed by atoms with Gasteiger partial charge in [-0.3, -0.25) is 14.5 Å². The van der Waals surface area contributed by atoms with Crippen molar-refractivity contribution in [3.8, 4) is 5.75 Å². The molecule has 0 fully saturated rings. The molecule has 5 nitrogen and oxygen atoms in total. The Morgan fingerprint density at radius 2 is 2.04 bits per heavy atom. The fourth-order valence-electron chi connectivity index (χ4n) is 3.15. The smallest absolute Gasteiger partial charge is 0.265 e. The Kier molecular flexibility index (Phi) is 4.37. The fraction of sp³-hybridized carbons (Fsp3) is 0.333. The minimum atomic E-state index is -0.248. The highest BCUT2D eigenvalue weighted by Gasteiger charge is 2.28.